The number of pyridine rings is 1. The van der Waals surface area contributed by atoms with E-state index >= 15 is 0 Å². The van der Waals surface area contributed by atoms with Crippen molar-refractivity contribution in [3.63, 3.8) is 0 Å². The molecule has 1 aromatic rings. The molecule has 0 spiro atoms. The lowest BCUT2D eigenvalue weighted by Gasteiger charge is -2.33. The second-order valence-corrected chi connectivity index (χ2v) is 13.9. The fourth-order valence-electron chi connectivity index (χ4n) is 7.33. The quantitative estimate of drug-likeness (QED) is 0.137. The summed E-state index contributed by atoms with van der Waals surface area (Å²) < 4.78 is 0. The molecular weight excluding hydrogens is 609 g/mol. The van der Waals surface area contributed by atoms with Gasteiger partial charge in [0.05, 0.1) is 11.8 Å². The lowest BCUT2D eigenvalue weighted by molar-refractivity contribution is 0.542. The van der Waals surface area contributed by atoms with Gasteiger partial charge in [0.1, 0.15) is 0 Å². The van der Waals surface area contributed by atoms with E-state index in [0.29, 0.717) is 29.4 Å². The summed E-state index contributed by atoms with van der Waals surface area (Å²) in [5, 5.41) is 12.0. The van der Waals surface area contributed by atoms with E-state index < -0.39 is 0 Å². The van der Waals surface area contributed by atoms with Crippen molar-refractivity contribution in [1.29, 1.82) is 5.41 Å². The second-order valence-electron chi connectivity index (χ2n) is 13.9. The molecule has 5 rings (SSSR count). The number of aromatic nitrogens is 1. The predicted octanol–water partition coefficient (Wildman–Crippen LogP) is 10.2. The molecule has 3 aliphatic carbocycles. The minimum atomic E-state index is 0.0929. The molecule has 258 valence electrons. The van der Waals surface area contributed by atoms with Crippen molar-refractivity contribution in [3.8, 4) is 0 Å². The van der Waals surface area contributed by atoms with Crippen molar-refractivity contribution in [1.82, 2.24) is 10.3 Å². The van der Waals surface area contributed by atoms with Crippen LogP contribution in [0.4, 0.5) is 0 Å². The molecule has 0 bridgehead atoms. The Hall–Kier alpha value is -4.67. The first-order valence-corrected chi connectivity index (χ1v) is 18.2. The molecule has 5 unspecified atom stereocenters. The Balaban J connectivity index is 1.15. The molecule has 7 atom stereocenters. The minimum absolute atomic E-state index is 0.0929. The largest absolute Gasteiger partial charge is 0.313 e. The van der Waals surface area contributed by atoms with E-state index in [1.54, 1.807) is 0 Å². The summed E-state index contributed by atoms with van der Waals surface area (Å²) in [6, 6.07) is 4.20. The zero-order chi connectivity index (χ0) is 35.3. The summed E-state index contributed by atoms with van der Waals surface area (Å²) in [5.74, 6) is 1.65. The average molecular weight is 663 g/mol. The number of dihydropyridines is 1. The number of nitrogens with one attached hydrogen (secondary N) is 2. The third-order valence-corrected chi connectivity index (χ3v) is 10.3. The van der Waals surface area contributed by atoms with Gasteiger partial charge in [-0.15, -0.1) is 13.2 Å². The number of fused-ring (bicyclic) bond motifs is 1. The van der Waals surface area contributed by atoms with Crippen LogP contribution in [-0.4, -0.2) is 35.5 Å². The van der Waals surface area contributed by atoms with Crippen LogP contribution in [0.3, 0.4) is 0 Å². The SMILES string of the molecule is C=CCC(C=CCC(C=C)CNC/C=C1\C=CC=CC1[C@@H]1C=CC=CC1=N)/C(C)=C\C[C@@H](C)C1=C(C)C=CC2C=CC(c3cccnc3)=NC12. The highest BCUT2D eigenvalue weighted by molar-refractivity contribution is 6.09. The Kier molecular flexibility index (Phi) is 13.4. The van der Waals surface area contributed by atoms with Crippen LogP contribution < -0.4 is 5.32 Å². The number of aliphatic imine (C=N–C) groups is 1. The van der Waals surface area contributed by atoms with Crippen molar-refractivity contribution in [3.05, 3.63) is 175 Å². The fraction of sp³-hybridized carbons (Fsp3) is 0.326. The number of nitrogens with zero attached hydrogens (tertiary/aromatic N) is 2. The molecule has 2 heterocycles. The molecule has 0 aromatic carbocycles. The van der Waals surface area contributed by atoms with Crippen LogP contribution in [0.5, 0.6) is 0 Å². The third kappa shape index (κ3) is 9.52. The molecule has 1 aliphatic heterocycles. The van der Waals surface area contributed by atoms with Crippen LogP contribution in [-0.2, 0) is 0 Å². The van der Waals surface area contributed by atoms with Crippen LogP contribution in [0.1, 0.15) is 45.6 Å². The summed E-state index contributed by atoms with van der Waals surface area (Å²) in [6.07, 6.45) is 45.7. The van der Waals surface area contributed by atoms with Crippen molar-refractivity contribution in [2.24, 2.45) is 40.5 Å². The Labute approximate surface area is 300 Å². The number of hydrogen-bond donors (Lipinski definition) is 2. The van der Waals surface area contributed by atoms with Crippen LogP contribution in [0.25, 0.3) is 0 Å². The van der Waals surface area contributed by atoms with E-state index in [-0.39, 0.29) is 17.9 Å². The van der Waals surface area contributed by atoms with E-state index in [1.165, 1.54) is 22.3 Å². The standard InChI is InChI=1S/C46H54N4/c1-6-14-37(17-12-15-36(7-2)31-49-30-28-38-16-8-9-19-41(38)42-20-10-11-21-43(42)47)33(3)22-23-34(4)45-35(5)24-25-39-26-27-44(50-46(39)45)40-18-13-29-48-32-40/h6-13,16-22,24-29,32,34,36-37,39,41-42,46-47,49H,1-2,14-15,23,30-31H2,3-5H3/b17-12?,33-22-,38-28+,47-43?/t34-,36?,37?,39?,41?,42+,46?/m1/s1. The molecular formula is C46H54N4. The van der Waals surface area contributed by atoms with E-state index in [0.717, 1.165) is 43.6 Å². The number of hydrogen-bond acceptors (Lipinski definition) is 4. The second kappa shape index (κ2) is 18.4. The van der Waals surface area contributed by atoms with Gasteiger partial charge in [-0.05, 0) is 85.9 Å². The van der Waals surface area contributed by atoms with Crippen LogP contribution in [0.15, 0.2) is 174 Å². The van der Waals surface area contributed by atoms with Gasteiger partial charge in [-0.3, -0.25) is 9.98 Å². The highest BCUT2D eigenvalue weighted by atomic mass is 14.8. The maximum absolute atomic E-state index is 8.39. The van der Waals surface area contributed by atoms with Crippen LogP contribution in [0, 0.1) is 40.9 Å². The summed E-state index contributed by atoms with van der Waals surface area (Å²) in [5.41, 5.74) is 8.17. The molecule has 4 heteroatoms. The van der Waals surface area contributed by atoms with Crippen molar-refractivity contribution in [2.75, 3.05) is 13.1 Å². The summed E-state index contributed by atoms with van der Waals surface area (Å²) in [4.78, 5) is 9.58. The average Bonchev–Trinajstić information content (AvgIpc) is 3.14. The molecule has 1 aromatic heterocycles. The molecule has 0 saturated heterocycles. The summed E-state index contributed by atoms with van der Waals surface area (Å²) in [6.45, 7) is 16.7. The zero-order valence-corrected chi connectivity index (χ0v) is 30.1. The van der Waals surface area contributed by atoms with Gasteiger partial charge in [-0.2, -0.15) is 0 Å². The minimum Gasteiger partial charge on any atom is -0.313 e. The molecule has 4 nitrogen and oxygen atoms in total. The maximum atomic E-state index is 8.39. The van der Waals surface area contributed by atoms with Gasteiger partial charge < -0.3 is 10.7 Å². The van der Waals surface area contributed by atoms with Crippen LogP contribution in [0.2, 0.25) is 0 Å². The molecule has 0 fully saturated rings. The van der Waals surface area contributed by atoms with Crippen molar-refractivity contribution >= 4 is 11.4 Å². The molecule has 4 aliphatic rings. The molecule has 50 heavy (non-hydrogen) atoms. The first kappa shape index (κ1) is 36.6. The van der Waals surface area contributed by atoms with Gasteiger partial charge in [0.25, 0.3) is 0 Å². The summed E-state index contributed by atoms with van der Waals surface area (Å²) >= 11 is 0. The first-order valence-electron chi connectivity index (χ1n) is 18.2. The molecule has 0 radical (unpaired) electrons. The Bertz CT molecular complexity index is 1720. The highest BCUT2D eigenvalue weighted by Gasteiger charge is 2.31. The van der Waals surface area contributed by atoms with Gasteiger partial charge in [-0.25, -0.2) is 0 Å². The van der Waals surface area contributed by atoms with Gasteiger partial charge >= 0.3 is 0 Å². The normalized spacial score (nSPS) is 25.6. The van der Waals surface area contributed by atoms with E-state index in [1.807, 2.05) is 36.7 Å². The Morgan fingerprint density at radius 1 is 0.980 bits per heavy atom. The van der Waals surface area contributed by atoms with Crippen molar-refractivity contribution in [2.45, 2.75) is 46.1 Å². The maximum Gasteiger partial charge on any atom is 0.0822 e. The number of allylic oxidation sites excluding steroid dienone is 17. The Morgan fingerprint density at radius 2 is 1.78 bits per heavy atom. The molecule has 2 N–H and O–H groups in total. The van der Waals surface area contributed by atoms with Gasteiger partial charge in [0.2, 0.25) is 0 Å². The zero-order valence-electron chi connectivity index (χ0n) is 30.1. The predicted molar refractivity (Wildman–Crippen MR) is 215 cm³/mol. The molecule has 0 amide bonds. The van der Waals surface area contributed by atoms with Gasteiger partial charge in [0, 0.05) is 60.4 Å². The first-order chi connectivity index (χ1) is 24.4. The highest BCUT2D eigenvalue weighted by Crippen LogP contribution is 2.37. The monoisotopic (exact) mass is 662 g/mol. The lowest BCUT2D eigenvalue weighted by Crippen LogP contribution is -2.29. The topological polar surface area (TPSA) is 61.1 Å². The third-order valence-electron chi connectivity index (χ3n) is 10.3. The van der Waals surface area contributed by atoms with Crippen LogP contribution >= 0.6 is 0 Å². The van der Waals surface area contributed by atoms with Crippen molar-refractivity contribution < 1.29 is 0 Å². The lowest BCUT2D eigenvalue weighted by atomic mass is 9.77. The number of rotatable bonds is 16. The Morgan fingerprint density at radius 3 is 2.54 bits per heavy atom. The fourth-order valence-corrected chi connectivity index (χ4v) is 7.33. The van der Waals surface area contributed by atoms with Gasteiger partial charge in [0.15, 0.2) is 0 Å². The van der Waals surface area contributed by atoms with E-state index in [4.69, 9.17) is 10.4 Å². The summed E-state index contributed by atoms with van der Waals surface area (Å²) in [7, 11) is 0. The smallest absolute Gasteiger partial charge is 0.0822 e. The van der Waals surface area contributed by atoms with E-state index in [2.05, 4.69) is 141 Å². The van der Waals surface area contributed by atoms with E-state index in [9.17, 15) is 0 Å². The molecule has 0 saturated carbocycles. The van der Waals surface area contributed by atoms with Gasteiger partial charge in [-0.1, -0.05) is 110 Å².